The van der Waals surface area contributed by atoms with Crippen molar-refractivity contribution in [2.45, 2.75) is 52.1 Å². The van der Waals surface area contributed by atoms with E-state index in [2.05, 4.69) is 15.6 Å². The third-order valence-corrected chi connectivity index (χ3v) is 5.13. The summed E-state index contributed by atoms with van der Waals surface area (Å²) in [6.07, 6.45) is 1.66. The van der Waals surface area contributed by atoms with Crippen molar-refractivity contribution in [1.29, 1.82) is 0 Å². The molecule has 1 heterocycles. The third kappa shape index (κ3) is 10.1. The molecule has 1 unspecified atom stereocenters. The molecule has 1 atom stereocenters. The van der Waals surface area contributed by atoms with Gasteiger partial charge in [-0.1, -0.05) is 30.3 Å². The van der Waals surface area contributed by atoms with Crippen molar-refractivity contribution in [3.05, 3.63) is 35.9 Å². The van der Waals surface area contributed by atoms with Gasteiger partial charge in [-0.25, -0.2) is 4.79 Å². The number of hydrogen-bond donors (Lipinski definition) is 3. The molecular formula is C23H39IN4O3. The first-order valence-electron chi connectivity index (χ1n) is 11.0. The second kappa shape index (κ2) is 13.8. The maximum Gasteiger partial charge on any atom is 0.410 e. The first kappa shape index (κ1) is 27.5. The van der Waals surface area contributed by atoms with E-state index in [0.717, 1.165) is 50.5 Å². The fraction of sp³-hybridized carbons (Fsp3) is 0.652. The Labute approximate surface area is 204 Å². The molecule has 0 saturated carbocycles. The zero-order valence-electron chi connectivity index (χ0n) is 19.3. The number of ether oxygens (including phenoxy) is 1. The first-order chi connectivity index (χ1) is 14.3. The van der Waals surface area contributed by atoms with Gasteiger partial charge in [0.25, 0.3) is 0 Å². The van der Waals surface area contributed by atoms with Crippen molar-refractivity contribution in [3.63, 3.8) is 0 Å². The predicted octanol–water partition coefficient (Wildman–Crippen LogP) is 3.58. The Morgan fingerprint density at radius 2 is 1.87 bits per heavy atom. The van der Waals surface area contributed by atoms with Gasteiger partial charge in [-0.05, 0) is 52.0 Å². The maximum atomic E-state index is 12.2. The second-order valence-corrected chi connectivity index (χ2v) is 8.80. The third-order valence-electron chi connectivity index (χ3n) is 5.13. The predicted molar refractivity (Wildman–Crippen MR) is 136 cm³/mol. The molecule has 1 aromatic rings. The Morgan fingerprint density at radius 3 is 2.42 bits per heavy atom. The number of amides is 1. The van der Waals surface area contributed by atoms with E-state index in [1.165, 1.54) is 0 Å². The van der Waals surface area contributed by atoms with Crippen LogP contribution in [-0.4, -0.2) is 67.0 Å². The molecule has 0 radical (unpaired) electrons. The summed E-state index contributed by atoms with van der Waals surface area (Å²) < 4.78 is 5.47. The van der Waals surface area contributed by atoms with Crippen LogP contribution in [0.15, 0.2) is 35.3 Å². The molecule has 3 N–H and O–H groups in total. The van der Waals surface area contributed by atoms with E-state index in [9.17, 15) is 9.90 Å². The van der Waals surface area contributed by atoms with E-state index in [-0.39, 0.29) is 42.6 Å². The number of aliphatic hydroxyl groups excluding tert-OH is 1. The standard InChI is InChI=1S/C23H38N4O3.HI/c1-5-24-21(26-16-20(17-28)19-9-7-6-8-10-19)25-15-18-11-13-27(14-12-18)22(29)30-23(2,3)4;/h6-10,18,20,28H,5,11-17H2,1-4H3,(H2,24,25,26);1H. The summed E-state index contributed by atoms with van der Waals surface area (Å²) in [6.45, 7) is 11.3. The van der Waals surface area contributed by atoms with Crippen molar-refractivity contribution in [3.8, 4) is 0 Å². The lowest BCUT2D eigenvalue weighted by Crippen LogP contribution is -2.45. The molecule has 1 fully saturated rings. The highest BCUT2D eigenvalue weighted by molar-refractivity contribution is 14.0. The maximum absolute atomic E-state index is 12.2. The first-order valence-corrected chi connectivity index (χ1v) is 11.0. The molecule has 1 aliphatic rings. The molecule has 1 amide bonds. The van der Waals surface area contributed by atoms with Crippen LogP contribution in [0.5, 0.6) is 0 Å². The summed E-state index contributed by atoms with van der Waals surface area (Å²) in [5.74, 6) is 1.23. The molecule has 1 aliphatic heterocycles. The van der Waals surface area contributed by atoms with Crippen molar-refractivity contribution >= 4 is 36.0 Å². The summed E-state index contributed by atoms with van der Waals surface area (Å²) in [6, 6.07) is 9.98. The molecular weight excluding hydrogens is 507 g/mol. The molecule has 0 aromatic heterocycles. The van der Waals surface area contributed by atoms with E-state index in [1.54, 1.807) is 4.90 Å². The topological polar surface area (TPSA) is 86.2 Å². The Balaban J connectivity index is 0.00000480. The Kier molecular flexibility index (Phi) is 12.2. The van der Waals surface area contributed by atoms with Crippen molar-refractivity contribution in [1.82, 2.24) is 15.5 Å². The highest BCUT2D eigenvalue weighted by Gasteiger charge is 2.26. The summed E-state index contributed by atoms with van der Waals surface area (Å²) in [5.41, 5.74) is 0.632. The fourth-order valence-electron chi connectivity index (χ4n) is 3.42. The van der Waals surface area contributed by atoms with Gasteiger partial charge in [0.2, 0.25) is 0 Å². The smallest absolute Gasteiger partial charge is 0.410 e. The van der Waals surface area contributed by atoms with Gasteiger partial charge in [0.15, 0.2) is 5.96 Å². The Morgan fingerprint density at radius 1 is 1.23 bits per heavy atom. The van der Waals surface area contributed by atoms with E-state index in [4.69, 9.17) is 4.74 Å². The number of rotatable bonds is 7. The lowest BCUT2D eigenvalue weighted by molar-refractivity contribution is 0.0185. The molecule has 0 aliphatic carbocycles. The molecule has 7 nitrogen and oxygen atoms in total. The number of carbonyl (C=O) groups excluding carboxylic acids is 1. The number of guanidine groups is 1. The number of aliphatic imine (C=N–C) groups is 1. The number of likely N-dealkylation sites (tertiary alicyclic amines) is 1. The van der Waals surface area contributed by atoms with Crippen LogP contribution in [0.3, 0.4) is 0 Å². The minimum Gasteiger partial charge on any atom is -0.444 e. The summed E-state index contributed by atoms with van der Waals surface area (Å²) in [5, 5.41) is 16.4. The number of benzene rings is 1. The van der Waals surface area contributed by atoms with Crippen molar-refractivity contribution in [2.24, 2.45) is 10.9 Å². The lowest BCUT2D eigenvalue weighted by atomic mass is 9.97. The molecule has 31 heavy (non-hydrogen) atoms. The summed E-state index contributed by atoms with van der Waals surface area (Å²) in [4.78, 5) is 18.7. The highest BCUT2D eigenvalue weighted by Crippen LogP contribution is 2.19. The summed E-state index contributed by atoms with van der Waals surface area (Å²) >= 11 is 0. The number of piperidine rings is 1. The van der Waals surface area contributed by atoms with Crippen LogP contribution in [0.2, 0.25) is 0 Å². The SMILES string of the molecule is CCNC(=NCC(CO)c1ccccc1)NCC1CCN(C(=O)OC(C)(C)C)CC1.I. The molecule has 8 heteroatoms. The Bertz CT molecular complexity index is 671. The lowest BCUT2D eigenvalue weighted by Gasteiger charge is -2.33. The molecule has 0 spiro atoms. The van der Waals surface area contributed by atoms with Crippen LogP contribution in [-0.2, 0) is 4.74 Å². The largest absolute Gasteiger partial charge is 0.444 e. The van der Waals surface area contributed by atoms with Crippen LogP contribution in [0.25, 0.3) is 0 Å². The van der Waals surface area contributed by atoms with Gasteiger partial charge in [-0.15, -0.1) is 24.0 Å². The normalized spacial score (nSPS) is 16.3. The van der Waals surface area contributed by atoms with Crippen LogP contribution < -0.4 is 10.6 Å². The van der Waals surface area contributed by atoms with Crippen LogP contribution in [0.1, 0.15) is 52.0 Å². The minimum atomic E-state index is -0.459. The quantitative estimate of drug-likeness (QED) is 0.277. The average Bonchev–Trinajstić information content (AvgIpc) is 2.72. The van der Waals surface area contributed by atoms with E-state index < -0.39 is 5.60 Å². The number of carbonyl (C=O) groups is 1. The van der Waals surface area contributed by atoms with Gasteiger partial charge in [0, 0.05) is 32.1 Å². The van der Waals surface area contributed by atoms with Crippen LogP contribution in [0, 0.1) is 5.92 Å². The van der Waals surface area contributed by atoms with Gasteiger partial charge in [0.1, 0.15) is 5.60 Å². The molecule has 1 saturated heterocycles. The van der Waals surface area contributed by atoms with Gasteiger partial charge in [-0.2, -0.15) is 0 Å². The van der Waals surface area contributed by atoms with E-state index in [0.29, 0.717) is 12.5 Å². The van der Waals surface area contributed by atoms with E-state index in [1.807, 2.05) is 58.0 Å². The van der Waals surface area contributed by atoms with Crippen molar-refractivity contribution < 1.29 is 14.6 Å². The minimum absolute atomic E-state index is 0. The number of aliphatic hydroxyl groups is 1. The van der Waals surface area contributed by atoms with Gasteiger partial charge >= 0.3 is 6.09 Å². The van der Waals surface area contributed by atoms with Gasteiger partial charge in [-0.3, -0.25) is 4.99 Å². The van der Waals surface area contributed by atoms with Gasteiger partial charge in [0.05, 0.1) is 13.2 Å². The van der Waals surface area contributed by atoms with Gasteiger partial charge < -0.3 is 25.4 Å². The molecule has 2 rings (SSSR count). The summed E-state index contributed by atoms with van der Waals surface area (Å²) in [7, 11) is 0. The van der Waals surface area contributed by atoms with E-state index >= 15 is 0 Å². The fourth-order valence-corrected chi connectivity index (χ4v) is 3.42. The van der Waals surface area contributed by atoms with Crippen LogP contribution >= 0.6 is 24.0 Å². The second-order valence-electron chi connectivity index (χ2n) is 8.80. The Hall–Kier alpha value is -1.55. The zero-order chi connectivity index (χ0) is 22.0. The zero-order valence-corrected chi connectivity index (χ0v) is 21.6. The highest BCUT2D eigenvalue weighted by atomic mass is 127. The number of nitrogens with zero attached hydrogens (tertiary/aromatic N) is 2. The number of halogens is 1. The monoisotopic (exact) mass is 546 g/mol. The average molecular weight is 546 g/mol. The molecule has 0 bridgehead atoms. The van der Waals surface area contributed by atoms with Crippen LogP contribution in [0.4, 0.5) is 4.79 Å². The number of nitrogens with one attached hydrogen (secondary N) is 2. The number of hydrogen-bond acceptors (Lipinski definition) is 4. The van der Waals surface area contributed by atoms with Crippen molar-refractivity contribution in [2.75, 3.05) is 39.3 Å². The molecule has 1 aromatic carbocycles. The molecule has 176 valence electrons.